The zero-order valence-corrected chi connectivity index (χ0v) is 19.3. The van der Waals surface area contributed by atoms with Gasteiger partial charge in [0.05, 0.1) is 25.9 Å². The van der Waals surface area contributed by atoms with Crippen LogP contribution in [-0.4, -0.2) is 36.1 Å². The Hall–Kier alpha value is -2.61. The normalized spacial score (nSPS) is 13.9. The summed E-state index contributed by atoms with van der Waals surface area (Å²) in [5, 5.41) is 19.3. The molecule has 0 radical (unpaired) electrons. The Labute approximate surface area is 188 Å². The van der Waals surface area contributed by atoms with Gasteiger partial charge in [0, 0.05) is 18.0 Å². The van der Waals surface area contributed by atoms with Crippen LogP contribution in [0.2, 0.25) is 0 Å². The smallest absolute Gasteiger partial charge is 0.191 e. The molecule has 1 unspecified atom stereocenters. The molecule has 3 rings (SSSR count). The van der Waals surface area contributed by atoms with E-state index in [2.05, 4.69) is 40.8 Å². The van der Waals surface area contributed by atoms with Crippen molar-refractivity contribution in [3.05, 3.63) is 81.9 Å². The lowest BCUT2D eigenvalue weighted by molar-refractivity contribution is 0.0655. The van der Waals surface area contributed by atoms with Gasteiger partial charge in [0.25, 0.3) is 0 Å². The van der Waals surface area contributed by atoms with Gasteiger partial charge < -0.3 is 20.2 Å². The van der Waals surface area contributed by atoms with Crippen molar-refractivity contribution in [2.45, 2.75) is 39.1 Å². The lowest BCUT2D eigenvalue weighted by Gasteiger charge is -2.24. The van der Waals surface area contributed by atoms with Crippen molar-refractivity contribution in [2.75, 3.05) is 20.1 Å². The van der Waals surface area contributed by atoms with E-state index in [-0.39, 0.29) is 0 Å². The van der Waals surface area contributed by atoms with Crippen molar-refractivity contribution in [1.29, 1.82) is 0 Å². The van der Waals surface area contributed by atoms with Crippen LogP contribution >= 0.6 is 11.3 Å². The lowest BCUT2D eigenvalue weighted by atomic mass is 10.1. The molecule has 0 fully saturated rings. The average molecular weight is 441 g/mol. The molecule has 31 heavy (non-hydrogen) atoms. The number of nitrogens with zero attached hydrogens (tertiary/aromatic N) is 2. The maximum atomic E-state index is 10.8. The summed E-state index contributed by atoms with van der Waals surface area (Å²) in [6, 6.07) is 16.2. The molecule has 0 bridgehead atoms. The highest BCUT2D eigenvalue weighted by molar-refractivity contribution is 7.10. The third kappa shape index (κ3) is 6.95. The molecule has 1 aromatic carbocycles. The Morgan fingerprint density at radius 3 is 2.58 bits per heavy atom. The minimum Gasteiger partial charge on any atom is -0.468 e. The van der Waals surface area contributed by atoms with E-state index in [4.69, 9.17) is 9.41 Å². The Bertz CT molecular complexity index is 936. The molecule has 3 aromatic rings. The van der Waals surface area contributed by atoms with E-state index < -0.39 is 5.60 Å². The van der Waals surface area contributed by atoms with Crippen LogP contribution in [0.3, 0.4) is 0 Å². The molecule has 0 amide bonds. The molecule has 0 aliphatic carbocycles. The van der Waals surface area contributed by atoms with E-state index in [1.165, 1.54) is 11.1 Å². The molecule has 0 saturated carbocycles. The van der Waals surface area contributed by atoms with E-state index in [1.807, 2.05) is 49.6 Å². The predicted molar refractivity (Wildman–Crippen MR) is 127 cm³/mol. The Balaban J connectivity index is 1.63. The predicted octanol–water partition coefficient (Wildman–Crippen LogP) is 3.94. The number of aliphatic imine (C=N–C) groups is 1. The van der Waals surface area contributed by atoms with Crippen LogP contribution in [-0.2, 0) is 25.2 Å². The van der Waals surface area contributed by atoms with Gasteiger partial charge in [-0.25, -0.2) is 4.99 Å². The minimum absolute atomic E-state index is 0.382. The molecule has 166 valence electrons. The van der Waals surface area contributed by atoms with Crippen LogP contribution in [0.1, 0.15) is 35.6 Å². The molecular formula is C24H32N4O2S. The van der Waals surface area contributed by atoms with Crippen molar-refractivity contribution < 1.29 is 9.52 Å². The number of aliphatic hydroxyl groups is 1. The van der Waals surface area contributed by atoms with Crippen molar-refractivity contribution in [3.8, 4) is 0 Å². The van der Waals surface area contributed by atoms with Crippen LogP contribution in [0.15, 0.2) is 69.6 Å². The third-order valence-electron chi connectivity index (χ3n) is 4.97. The summed E-state index contributed by atoms with van der Waals surface area (Å²) in [4.78, 5) is 7.92. The van der Waals surface area contributed by atoms with Crippen LogP contribution in [0, 0.1) is 0 Å². The summed E-state index contributed by atoms with van der Waals surface area (Å²) >= 11 is 1.55. The van der Waals surface area contributed by atoms with Gasteiger partial charge in [-0.15, -0.1) is 11.3 Å². The number of hydrogen-bond acceptors (Lipinski definition) is 5. The van der Waals surface area contributed by atoms with E-state index in [0.29, 0.717) is 19.0 Å². The van der Waals surface area contributed by atoms with Gasteiger partial charge in [-0.1, -0.05) is 30.3 Å². The van der Waals surface area contributed by atoms with Crippen LogP contribution in [0.4, 0.5) is 0 Å². The fraction of sp³-hybridized carbons (Fsp3) is 0.375. The molecule has 3 N–H and O–H groups in total. The Kier molecular flexibility index (Phi) is 8.28. The maximum absolute atomic E-state index is 10.8. The quantitative estimate of drug-likeness (QED) is 0.329. The molecule has 0 saturated heterocycles. The van der Waals surface area contributed by atoms with Gasteiger partial charge in [-0.2, -0.15) is 0 Å². The maximum Gasteiger partial charge on any atom is 0.191 e. The van der Waals surface area contributed by atoms with Crippen molar-refractivity contribution in [3.63, 3.8) is 0 Å². The van der Waals surface area contributed by atoms with Gasteiger partial charge in [-0.05, 0) is 55.6 Å². The fourth-order valence-corrected chi connectivity index (χ4v) is 4.10. The monoisotopic (exact) mass is 440 g/mol. The molecule has 1 atom stereocenters. The van der Waals surface area contributed by atoms with Crippen molar-refractivity contribution in [1.82, 2.24) is 15.5 Å². The molecule has 7 heteroatoms. The van der Waals surface area contributed by atoms with Crippen LogP contribution in [0.5, 0.6) is 0 Å². The van der Waals surface area contributed by atoms with Gasteiger partial charge >= 0.3 is 0 Å². The zero-order chi connectivity index (χ0) is 22.1. The Morgan fingerprint density at radius 2 is 1.90 bits per heavy atom. The summed E-state index contributed by atoms with van der Waals surface area (Å²) < 4.78 is 5.46. The molecule has 0 spiro atoms. The van der Waals surface area contributed by atoms with E-state index >= 15 is 0 Å². The average Bonchev–Trinajstić information content (AvgIpc) is 3.45. The highest BCUT2D eigenvalue weighted by Crippen LogP contribution is 2.24. The molecule has 0 aliphatic heterocycles. The standard InChI is InChI=1S/C24H32N4O2S/c1-4-25-23(27-18-24(2,29)22-12-8-14-31-22)26-15-19-9-5-6-10-20(19)16-28(3)17-21-11-7-13-30-21/h5-14,29H,4,15-18H2,1-3H3,(H2,25,26,27). The summed E-state index contributed by atoms with van der Waals surface area (Å²) in [7, 11) is 2.08. The second-order valence-corrected chi connectivity index (χ2v) is 8.77. The first-order valence-electron chi connectivity index (χ1n) is 10.5. The number of thiophene rings is 1. The second kappa shape index (κ2) is 11.1. The molecular weight excluding hydrogens is 408 g/mol. The Morgan fingerprint density at radius 1 is 1.10 bits per heavy atom. The highest BCUT2D eigenvalue weighted by Gasteiger charge is 2.24. The number of furan rings is 1. The SMILES string of the molecule is CCNC(=NCc1ccccc1CN(C)Cc1ccco1)NCC(C)(O)c1cccs1. The summed E-state index contributed by atoms with van der Waals surface area (Å²) in [5.74, 6) is 1.65. The van der Waals surface area contributed by atoms with E-state index in [0.717, 1.165) is 30.3 Å². The largest absolute Gasteiger partial charge is 0.468 e. The number of nitrogens with one attached hydrogen (secondary N) is 2. The van der Waals surface area contributed by atoms with Crippen molar-refractivity contribution >= 4 is 17.3 Å². The topological polar surface area (TPSA) is 73.0 Å². The third-order valence-corrected chi connectivity index (χ3v) is 6.09. The first-order valence-corrected chi connectivity index (χ1v) is 11.4. The summed E-state index contributed by atoms with van der Waals surface area (Å²) in [5.41, 5.74) is 1.47. The molecule has 6 nitrogen and oxygen atoms in total. The van der Waals surface area contributed by atoms with Crippen LogP contribution < -0.4 is 10.6 Å². The van der Waals surface area contributed by atoms with Gasteiger partial charge in [0.1, 0.15) is 11.4 Å². The number of rotatable bonds is 10. The van der Waals surface area contributed by atoms with Gasteiger partial charge in [-0.3, -0.25) is 4.90 Å². The first-order chi connectivity index (χ1) is 15.0. The van der Waals surface area contributed by atoms with E-state index in [9.17, 15) is 5.11 Å². The fourth-order valence-electron chi connectivity index (χ4n) is 3.32. The zero-order valence-electron chi connectivity index (χ0n) is 18.5. The van der Waals surface area contributed by atoms with Crippen molar-refractivity contribution in [2.24, 2.45) is 4.99 Å². The first kappa shape index (κ1) is 23.1. The summed E-state index contributed by atoms with van der Waals surface area (Å²) in [6.45, 7) is 7.11. The van der Waals surface area contributed by atoms with Gasteiger partial charge in [0.15, 0.2) is 5.96 Å². The lowest BCUT2D eigenvalue weighted by Crippen LogP contribution is -2.44. The highest BCUT2D eigenvalue weighted by atomic mass is 32.1. The second-order valence-electron chi connectivity index (χ2n) is 7.82. The summed E-state index contributed by atoms with van der Waals surface area (Å²) in [6.07, 6.45) is 1.71. The number of guanidine groups is 1. The number of benzene rings is 1. The molecule has 0 aliphatic rings. The van der Waals surface area contributed by atoms with Gasteiger partial charge in [0.2, 0.25) is 0 Å². The van der Waals surface area contributed by atoms with E-state index in [1.54, 1.807) is 17.6 Å². The molecule has 2 heterocycles. The molecule has 2 aromatic heterocycles. The number of hydrogen-bond donors (Lipinski definition) is 3. The van der Waals surface area contributed by atoms with Crippen LogP contribution in [0.25, 0.3) is 0 Å². The minimum atomic E-state index is -0.948.